The third kappa shape index (κ3) is 3.41. The number of nitrogens with zero attached hydrogens (tertiary/aromatic N) is 4. The lowest BCUT2D eigenvalue weighted by molar-refractivity contribution is 0.172. The maximum Gasteiger partial charge on any atom is 0.228 e. The van der Waals surface area contributed by atoms with Crippen LogP contribution < -0.4 is 9.64 Å². The van der Waals surface area contributed by atoms with Crippen LogP contribution in [0.1, 0.15) is 18.5 Å². The molecule has 0 spiro atoms. The Bertz CT molecular complexity index is 750. The van der Waals surface area contributed by atoms with Gasteiger partial charge in [0.25, 0.3) is 0 Å². The normalized spacial score (nSPS) is 14.8. The Labute approximate surface area is 135 Å². The second-order valence-electron chi connectivity index (χ2n) is 5.30. The van der Waals surface area contributed by atoms with Gasteiger partial charge >= 0.3 is 0 Å². The van der Waals surface area contributed by atoms with Gasteiger partial charge < -0.3 is 9.64 Å². The van der Waals surface area contributed by atoms with Crippen molar-refractivity contribution in [3.05, 3.63) is 53.5 Å². The Morgan fingerprint density at radius 1 is 1.17 bits per heavy atom. The summed E-state index contributed by atoms with van der Waals surface area (Å²) >= 11 is 0. The molecule has 1 aliphatic rings. The standard InChI is InChI=1S/C18H16N4O/c1-3-14-8-9-18(21-20-14)22-12-10-15(11-13-22)23-17-7-5-4-6-16(17)19-2/h1,4-9,15H,10-13H2. The van der Waals surface area contributed by atoms with Crippen LogP contribution in [0.25, 0.3) is 4.85 Å². The van der Waals surface area contributed by atoms with Gasteiger partial charge in [-0.25, -0.2) is 4.85 Å². The molecule has 5 heteroatoms. The van der Waals surface area contributed by atoms with Gasteiger partial charge in [0, 0.05) is 25.9 Å². The van der Waals surface area contributed by atoms with Crippen LogP contribution in [0.3, 0.4) is 0 Å². The van der Waals surface area contributed by atoms with Crippen LogP contribution in [0.5, 0.6) is 5.75 Å². The van der Waals surface area contributed by atoms with Gasteiger partial charge in [0.05, 0.1) is 6.57 Å². The zero-order chi connectivity index (χ0) is 16.1. The molecule has 23 heavy (non-hydrogen) atoms. The van der Waals surface area contributed by atoms with Gasteiger partial charge in [0.1, 0.15) is 17.5 Å². The Morgan fingerprint density at radius 2 is 1.96 bits per heavy atom. The molecular weight excluding hydrogens is 288 g/mol. The lowest BCUT2D eigenvalue weighted by atomic mass is 10.1. The van der Waals surface area contributed by atoms with E-state index in [0.29, 0.717) is 17.1 Å². The third-order valence-electron chi connectivity index (χ3n) is 3.84. The molecule has 0 bridgehead atoms. The molecular formula is C18H16N4O. The van der Waals surface area contributed by atoms with Crippen LogP contribution in [0.4, 0.5) is 11.5 Å². The molecule has 0 radical (unpaired) electrons. The average molecular weight is 304 g/mol. The predicted molar refractivity (Wildman–Crippen MR) is 88.5 cm³/mol. The molecule has 0 atom stereocenters. The fourth-order valence-electron chi connectivity index (χ4n) is 2.60. The van der Waals surface area contributed by atoms with Gasteiger partial charge in [-0.3, -0.25) is 0 Å². The van der Waals surface area contributed by atoms with Gasteiger partial charge in [0.15, 0.2) is 5.82 Å². The second kappa shape index (κ2) is 6.81. The van der Waals surface area contributed by atoms with E-state index in [9.17, 15) is 0 Å². The highest BCUT2D eigenvalue weighted by Crippen LogP contribution is 2.30. The maximum atomic E-state index is 7.19. The van der Waals surface area contributed by atoms with E-state index in [0.717, 1.165) is 31.7 Å². The van der Waals surface area contributed by atoms with Crippen molar-refractivity contribution in [2.75, 3.05) is 18.0 Å². The second-order valence-corrected chi connectivity index (χ2v) is 5.30. The molecule has 0 aliphatic carbocycles. The summed E-state index contributed by atoms with van der Waals surface area (Å²) in [6, 6.07) is 11.1. The summed E-state index contributed by atoms with van der Waals surface area (Å²) in [5.41, 5.74) is 1.10. The van der Waals surface area contributed by atoms with Crippen LogP contribution in [-0.2, 0) is 0 Å². The molecule has 0 saturated carbocycles. The highest BCUT2D eigenvalue weighted by atomic mass is 16.5. The molecule has 3 rings (SSSR count). The summed E-state index contributed by atoms with van der Waals surface area (Å²) in [4.78, 5) is 5.67. The molecule has 1 aromatic carbocycles. The monoisotopic (exact) mass is 304 g/mol. The number of para-hydroxylation sites is 2. The molecule has 114 valence electrons. The lowest BCUT2D eigenvalue weighted by Gasteiger charge is -2.32. The first-order valence-corrected chi connectivity index (χ1v) is 7.48. The Morgan fingerprint density at radius 3 is 2.61 bits per heavy atom. The molecule has 1 aromatic heterocycles. The molecule has 1 saturated heterocycles. The molecule has 2 aromatic rings. The Hall–Kier alpha value is -3.05. The number of ether oxygens (including phenoxy) is 1. The fourth-order valence-corrected chi connectivity index (χ4v) is 2.60. The summed E-state index contributed by atoms with van der Waals surface area (Å²) < 4.78 is 6.00. The first kappa shape index (κ1) is 14.9. The van der Waals surface area contributed by atoms with Gasteiger partial charge in [-0.2, -0.15) is 0 Å². The number of terminal acetylenes is 1. The molecule has 0 unspecified atom stereocenters. The number of piperidine rings is 1. The van der Waals surface area contributed by atoms with Gasteiger partial charge in [-0.1, -0.05) is 18.2 Å². The van der Waals surface area contributed by atoms with Gasteiger partial charge in [0.2, 0.25) is 5.69 Å². The number of benzene rings is 1. The van der Waals surface area contributed by atoms with Crippen molar-refractivity contribution in [1.82, 2.24) is 10.2 Å². The van der Waals surface area contributed by atoms with Crippen LogP contribution in [0, 0.1) is 18.9 Å². The Kier molecular flexibility index (Phi) is 4.40. The van der Waals surface area contributed by atoms with Crippen LogP contribution >= 0.6 is 0 Å². The molecule has 1 aliphatic heterocycles. The van der Waals surface area contributed by atoms with E-state index in [-0.39, 0.29) is 6.10 Å². The number of hydrogen-bond donors (Lipinski definition) is 0. The quantitative estimate of drug-likeness (QED) is 0.645. The molecule has 0 amide bonds. The Balaban J connectivity index is 1.60. The third-order valence-corrected chi connectivity index (χ3v) is 3.84. The number of aromatic nitrogens is 2. The summed E-state index contributed by atoms with van der Waals surface area (Å²) in [5, 5.41) is 8.15. The van der Waals surface area contributed by atoms with E-state index in [1.165, 1.54) is 0 Å². The zero-order valence-electron chi connectivity index (χ0n) is 12.6. The molecule has 1 fully saturated rings. The van der Waals surface area contributed by atoms with E-state index in [1.807, 2.05) is 24.3 Å². The lowest BCUT2D eigenvalue weighted by Crippen LogP contribution is -2.38. The number of hydrogen-bond acceptors (Lipinski definition) is 4. The minimum Gasteiger partial charge on any atom is -0.501 e. The highest BCUT2D eigenvalue weighted by molar-refractivity contribution is 5.57. The van der Waals surface area contributed by atoms with E-state index >= 15 is 0 Å². The van der Waals surface area contributed by atoms with Crippen LogP contribution in [-0.4, -0.2) is 29.4 Å². The fraction of sp³-hybridized carbons (Fsp3) is 0.278. The maximum absolute atomic E-state index is 7.19. The average Bonchev–Trinajstić information content (AvgIpc) is 2.63. The van der Waals surface area contributed by atoms with Crippen molar-refractivity contribution >= 4 is 11.5 Å². The van der Waals surface area contributed by atoms with Crippen molar-refractivity contribution in [1.29, 1.82) is 0 Å². The summed E-state index contributed by atoms with van der Waals surface area (Å²) in [6.07, 6.45) is 7.17. The minimum absolute atomic E-state index is 0.118. The number of anilines is 1. The summed E-state index contributed by atoms with van der Waals surface area (Å²) in [7, 11) is 0. The molecule has 2 heterocycles. The highest BCUT2D eigenvalue weighted by Gasteiger charge is 2.22. The topological polar surface area (TPSA) is 42.6 Å². The summed E-state index contributed by atoms with van der Waals surface area (Å²) in [5.74, 6) is 3.97. The minimum atomic E-state index is 0.118. The van der Waals surface area contributed by atoms with E-state index in [4.69, 9.17) is 17.7 Å². The van der Waals surface area contributed by atoms with Gasteiger partial charge in [-0.15, -0.1) is 16.6 Å². The molecule has 5 nitrogen and oxygen atoms in total. The number of rotatable bonds is 3. The van der Waals surface area contributed by atoms with Crippen LogP contribution in [0.15, 0.2) is 36.4 Å². The van der Waals surface area contributed by atoms with Crippen molar-refractivity contribution < 1.29 is 4.74 Å². The van der Waals surface area contributed by atoms with Crippen molar-refractivity contribution in [3.63, 3.8) is 0 Å². The SMILES string of the molecule is [C-]#[N+]c1ccccc1OC1CCN(c2ccc(C#C)nn2)CC1. The van der Waals surface area contributed by atoms with E-state index < -0.39 is 0 Å². The first-order valence-electron chi connectivity index (χ1n) is 7.48. The molecule has 0 N–H and O–H groups in total. The van der Waals surface area contributed by atoms with Crippen molar-refractivity contribution in [2.45, 2.75) is 18.9 Å². The smallest absolute Gasteiger partial charge is 0.228 e. The van der Waals surface area contributed by atoms with Crippen molar-refractivity contribution in [2.24, 2.45) is 0 Å². The first-order chi connectivity index (χ1) is 11.3. The van der Waals surface area contributed by atoms with Crippen molar-refractivity contribution in [3.8, 4) is 18.1 Å². The summed E-state index contributed by atoms with van der Waals surface area (Å²) in [6.45, 7) is 8.87. The van der Waals surface area contributed by atoms with Crippen LogP contribution in [0.2, 0.25) is 0 Å². The largest absolute Gasteiger partial charge is 0.501 e. The van der Waals surface area contributed by atoms with Gasteiger partial charge in [-0.05, 0) is 24.1 Å². The zero-order valence-corrected chi connectivity index (χ0v) is 12.6. The predicted octanol–water partition coefficient (Wildman–Crippen LogP) is 3.06. The van der Waals surface area contributed by atoms with E-state index in [2.05, 4.69) is 25.9 Å². The van der Waals surface area contributed by atoms with E-state index in [1.54, 1.807) is 12.1 Å².